The molecule has 0 aromatic carbocycles. The summed E-state index contributed by atoms with van der Waals surface area (Å²) in [7, 11) is 2.01. The van der Waals surface area contributed by atoms with Crippen LogP contribution >= 0.6 is 0 Å². The van der Waals surface area contributed by atoms with E-state index in [0.29, 0.717) is 6.17 Å². The lowest BCUT2D eigenvalue weighted by atomic mass is 9.88. The third kappa shape index (κ3) is 3.79. The van der Waals surface area contributed by atoms with Crippen molar-refractivity contribution in [2.45, 2.75) is 65.7 Å². The molecule has 4 nitrogen and oxygen atoms in total. The number of nitrogens with one attached hydrogen (secondary N) is 1. The van der Waals surface area contributed by atoms with E-state index in [9.17, 15) is 0 Å². The minimum atomic E-state index is -0.177. The highest BCUT2D eigenvalue weighted by Gasteiger charge is 2.42. The number of likely N-dealkylation sites (N-methyl/N-ethyl adjacent to an activating group) is 1. The molecule has 25 heavy (non-hydrogen) atoms. The third-order valence-corrected chi connectivity index (χ3v) is 5.62. The van der Waals surface area contributed by atoms with E-state index in [1.54, 1.807) is 0 Å². The molecule has 0 bridgehead atoms. The van der Waals surface area contributed by atoms with Crippen LogP contribution in [0.15, 0.2) is 48.0 Å². The Morgan fingerprint density at radius 1 is 1.32 bits per heavy atom. The van der Waals surface area contributed by atoms with Crippen LogP contribution < -0.4 is 11.1 Å². The van der Waals surface area contributed by atoms with Gasteiger partial charge in [-0.05, 0) is 24.7 Å². The Bertz CT molecular complexity index is 585. The maximum Gasteiger partial charge on any atom is 0.120 e. The molecule has 140 valence electrons. The van der Waals surface area contributed by atoms with Crippen molar-refractivity contribution in [1.82, 2.24) is 15.1 Å². The molecule has 0 fully saturated rings. The zero-order chi connectivity index (χ0) is 18.8. The van der Waals surface area contributed by atoms with E-state index in [-0.39, 0.29) is 11.6 Å². The van der Waals surface area contributed by atoms with Gasteiger partial charge in [0, 0.05) is 24.9 Å². The van der Waals surface area contributed by atoms with Crippen LogP contribution in [0.25, 0.3) is 0 Å². The van der Waals surface area contributed by atoms with E-state index < -0.39 is 0 Å². The van der Waals surface area contributed by atoms with Crippen LogP contribution in [-0.4, -0.2) is 35.7 Å². The summed E-state index contributed by atoms with van der Waals surface area (Å²) in [6.07, 6.45) is 8.69. The van der Waals surface area contributed by atoms with Gasteiger partial charge in [-0.3, -0.25) is 0 Å². The summed E-state index contributed by atoms with van der Waals surface area (Å²) < 4.78 is 0. The molecule has 2 atom stereocenters. The van der Waals surface area contributed by atoms with Gasteiger partial charge in [-0.2, -0.15) is 0 Å². The van der Waals surface area contributed by atoms with Gasteiger partial charge in [-0.1, -0.05) is 59.4 Å². The molecule has 3 N–H and O–H groups in total. The van der Waals surface area contributed by atoms with Crippen LogP contribution in [0.5, 0.6) is 0 Å². The topological polar surface area (TPSA) is 44.5 Å². The Balaban J connectivity index is 2.48. The number of allylic oxidation sites excluding steroid dienone is 2. The molecule has 2 heterocycles. The van der Waals surface area contributed by atoms with Gasteiger partial charge in [-0.25, -0.2) is 0 Å². The van der Waals surface area contributed by atoms with Gasteiger partial charge < -0.3 is 20.9 Å². The zero-order valence-electron chi connectivity index (χ0n) is 16.7. The zero-order valence-corrected chi connectivity index (χ0v) is 16.7. The average Bonchev–Trinajstić information content (AvgIpc) is 2.92. The number of nitrogens with zero attached hydrogens (tertiary/aromatic N) is 2. The average molecular weight is 345 g/mol. The summed E-state index contributed by atoms with van der Waals surface area (Å²) >= 11 is 0. The highest BCUT2D eigenvalue weighted by atomic mass is 15.4. The molecule has 0 aromatic rings. The second kappa shape index (κ2) is 7.69. The fourth-order valence-corrected chi connectivity index (χ4v) is 3.53. The second-order valence-corrected chi connectivity index (χ2v) is 8.03. The Kier molecular flexibility index (Phi) is 6.04. The molecule has 0 saturated carbocycles. The lowest BCUT2D eigenvalue weighted by molar-refractivity contribution is 0.163. The van der Waals surface area contributed by atoms with Crippen LogP contribution in [0.3, 0.4) is 0 Å². The van der Waals surface area contributed by atoms with Crippen molar-refractivity contribution in [3.63, 3.8) is 0 Å². The van der Waals surface area contributed by atoms with E-state index >= 15 is 0 Å². The van der Waals surface area contributed by atoms with Crippen molar-refractivity contribution < 1.29 is 0 Å². The van der Waals surface area contributed by atoms with E-state index in [1.807, 2.05) is 18.0 Å². The fraction of sp³-hybridized carbons (Fsp3) is 0.619. The van der Waals surface area contributed by atoms with Gasteiger partial charge in [0.05, 0.1) is 17.6 Å². The minimum absolute atomic E-state index is 0.177. The summed E-state index contributed by atoms with van der Waals surface area (Å²) in [5.41, 5.74) is 11.2. The molecule has 2 unspecified atom stereocenters. The Hall–Kier alpha value is -1.68. The maximum atomic E-state index is 6.53. The summed E-state index contributed by atoms with van der Waals surface area (Å²) in [4.78, 5) is 4.58. The molecule has 2 aliphatic rings. The molecule has 0 aliphatic carbocycles. The fourth-order valence-electron chi connectivity index (χ4n) is 3.53. The van der Waals surface area contributed by atoms with Gasteiger partial charge in [0.2, 0.25) is 0 Å². The van der Waals surface area contributed by atoms with Crippen molar-refractivity contribution in [2.24, 2.45) is 11.1 Å². The van der Waals surface area contributed by atoms with Crippen LogP contribution in [0.2, 0.25) is 0 Å². The molecule has 4 heteroatoms. The van der Waals surface area contributed by atoms with Crippen LogP contribution in [0.4, 0.5) is 0 Å². The van der Waals surface area contributed by atoms with Gasteiger partial charge in [0.25, 0.3) is 0 Å². The van der Waals surface area contributed by atoms with Crippen LogP contribution in [0, 0.1) is 5.41 Å². The number of rotatable bonds is 7. The van der Waals surface area contributed by atoms with Gasteiger partial charge in [0.15, 0.2) is 0 Å². The highest BCUT2D eigenvalue weighted by Crippen LogP contribution is 2.40. The monoisotopic (exact) mass is 344 g/mol. The van der Waals surface area contributed by atoms with Gasteiger partial charge in [-0.15, -0.1) is 0 Å². The summed E-state index contributed by atoms with van der Waals surface area (Å²) in [6, 6.07) is 0. The highest BCUT2D eigenvalue weighted by molar-refractivity contribution is 5.54. The Morgan fingerprint density at radius 2 is 2.00 bits per heavy atom. The van der Waals surface area contributed by atoms with Gasteiger partial charge >= 0.3 is 0 Å². The molecule has 2 aliphatic heterocycles. The first-order valence-electron chi connectivity index (χ1n) is 9.55. The molecule has 0 spiro atoms. The molecule has 0 radical (unpaired) electrons. The van der Waals surface area contributed by atoms with Crippen molar-refractivity contribution in [2.75, 3.05) is 13.6 Å². The summed E-state index contributed by atoms with van der Waals surface area (Å²) in [5.74, 6) is 0. The first-order valence-corrected chi connectivity index (χ1v) is 9.55. The lowest BCUT2D eigenvalue weighted by Crippen LogP contribution is -2.46. The molecular weight excluding hydrogens is 308 g/mol. The third-order valence-electron chi connectivity index (χ3n) is 5.62. The first-order chi connectivity index (χ1) is 11.8. The number of nitrogens with two attached hydrogens (primary N) is 1. The number of hydrogen-bond donors (Lipinski definition) is 2. The van der Waals surface area contributed by atoms with E-state index in [0.717, 1.165) is 36.4 Å². The standard InChI is InChI=1S/C21H36N4/c1-8-11-13-17-23-18-19(25(17)14-21(5,6)10-3)16(12-9-2)15(4)24(7)20(18)22/h9,12,17,20,23H,2,4,8,10-11,13-14,22H2,1,3,5-7H3/b16-12+. The molecular formula is C21H36N4. The van der Waals surface area contributed by atoms with Crippen LogP contribution in [0.1, 0.15) is 53.4 Å². The van der Waals surface area contributed by atoms with Crippen molar-refractivity contribution in [3.8, 4) is 0 Å². The molecule has 0 saturated heterocycles. The Labute approximate surface area is 154 Å². The largest absolute Gasteiger partial charge is 0.364 e. The van der Waals surface area contributed by atoms with Crippen molar-refractivity contribution >= 4 is 0 Å². The van der Waals surface area contributed by atoms with E-state index in [1.165, 1.54) is 18.5 Å². The SMILES string of the molecule is C=C/C=C1\C(=C)N(C)C(N)C2=C1N(CC(C)(C)CC)C(CCCC)N2. The first kappa shape index (κ1) is 19.6. The van der Waals surface area contributed by atoms with Crippen molar-refractivity contribution in [3.05, 3.63) is 48.0 Å². The van der Waals surface area contributed by atoms with E-state index in [4.69, 9.17) is 5.73 Å². The van der Waals surface area contributed by atoms with Crippen molar-refractivity contribution in [1.29, 1.82) is 0 Å². The summed E-state index contributed by atoms with van der Waals surface area (Å²) in [5, 5.41) is 3.74. The summed E-state index contributed by atoms with van der Waals surface area (Å²) in [6.45, 7) is 18.4. The number of hydrogen-bond acceptors (Lipinski definition) is 4. The second-order valence-electron chi connectivity index (χ2n) is 8.03. The molecule has 2 rings (SSSR count). The van der Waals surface area contributed by atoms with Gasteiger partial charge in [0.1, 0.15) is 6.17 Å². The quantitative estimate of drug-likeness (QED) is 0.735. The Morgan fingerprint density at radius 3 is 2.56 bits per heavy atom. The molecule has 0 aromatic heterocycles. The lowest BCUT2D eigenvalue weighted by Gasteiger charge is -2.40. The molecule has 0 amide bonds. The maximum absolute atomic E-state index is 6.53. The predicted molar refractivity (Wildman–Crippen MR) is 107 cm³/mol. The predicted octanol–water partition coefficient (Wildman–Crippen LogP) is 3.91. The normalized spacial score (nSPS) is 25.5. The van der Waals surface area contributed by atoms with E-state index in [2.05, 4.69) is 57.1 Å². The smallest absolute Gasteiger partial charge is 0.120 e. The minimum Gasteiger partial charge on any atom is -0.364 e. The number of unbranched alkanes of at least 4 members (excludes halogenated alkanes) is 1. The van der Waals surface area contributed by atoms with Crippen LogP contribution in [-0.2, 0) is 0 Å².